The maximum atomic E-state index is 14.9. The van der Waals surface area contributed by atoms with Crippen molar-refractivity contribution in [3.8, 4) is 0 Å². The van der Waals surface area contributed by atoms with Gasteiger partial charge in [-0.1, -0.05) is 94.9 Å². The van der Waals surface area contributed by atoms with Gasteiger partial charge in [-0.05, 0) is 65.6 Å². The minimum Gasteiger partial charge on any atom is -0.369 e. The quantitative estimate of drug-likeness (QED) is 0.208. The molecule has 306 valence electrons. The molecule has 3 saturated carbocycles. The molecule has 0 radical (unpaired) electrons. The van der Waals surface area contributed by atoms with Crippen LogP contribution in [0.1, 0.15) is 133 Å². The van der Waals surface area contributed by atoms with Crippen molar-refractivity contribution in [2.75, 3.05) is 25.0 Å². The van der Waals surface area contributed by atoms with E-state index in [1.165, 1.54) is 0 Å². The van der Waals surface area contributed by atoms with Crippen molar-refractivity contribution in [3.63, 3.8) is 0 Å². The zero-order valence-electron chi connectivity index (χ0n) is 35.1. The number of anilines is 1. The van der Waals surface area contributed by atoms with Crippen LogP contribution in [-0.2, 0) is 24.6 Å². The van der Waals surface area contributed by atoms with Crippen LogP contribution in [0, 0.1) is 28.1 Å². The molecule has 5 amide bonds. The summed E-state index contributed by atoms with van der Waals surface area (Å²) in [6.45, 7) is 20.3. The fourth-order valence-corrected chi connectivity index (χ4v) is 9.29. The molecule has 1 aromatic rings. The van der Waals surface area contributed by atoms with Gasteiger partial charge >= 0.3 is 6.03 Å². The fourth-order valence-electron chi connectivity index (χ4n) is 9.29. The second kappa shape index (κ2) is 15.3. The number of hydrogen-bond acceptors (Lipinski definition) is 8. The van der Waals surface area contributed by atoms with Gasteiger partial charge < -0.3 is 31.1 Å². The van der Waals surface area contributed by atoms with Crippen molar-refractivity contribution in [2.24, 2.45) is 28.1 Å². The molecular weight excluding hydrogens is 700 g/mol. The fraction of sp³-hybridized carbons (Fsp3) is 0.786. The Labute approximate surface area is 326 Å². The first-order valence-electron chi connectivity index (χ1n) is 20.5. The first-order chi connectivity index (χ1) is 25.4. The van der Waals surface area contributed by atoms with Gasteiger partial charge in [0.1, 0.15) is 12.1 Å². The summed E-state index contributed by atoms with van der Waals surface area (Å²) < 4.78 is 0. The first-order valence-corrected chi connectivity index (χ1v) is 20.5. The van der Waals surface area contributed by atoms with E-state index in [0.717, 1.165) is 44.9 Å². The molecule has 1 aliphatic heterocycles. The highest BCUT2D eigenvalue weighted by Gasteiger charge is 2.70. The molecule has 1 saturated heterocycles. The van der Waals surface area contributed by atoms with Crippen LogP contribution in [0.2, 0.25) is 0 Å². The molecule has 0 aromatic heterocycles. The van der Waals surface area contributed by atoms with Crippen molar-refractivity contribution < 1.29 is 24.0 Å². The van der Waals surface area contributed by atoms with Crippen molar-refractivity contribution in [3.05, 3.63) is 26.0 Å². The average molecular weight is 767 g/mol. The van der Waals surface area contributed by atoms with Crippen molar-refractivity contribution >= 4 is 35.2 Å². The lowest BCUT2D eigenvalue weighted by Crippen LogP contribution is -2.63. The zero-order valence-corrected chi connectivity index (χ0v) is 35.1. The van der Waals surface area contributed by atoms with Crippen LogP contribution in [-0.4, -0.2) is 84.8 Å². The minimum atomic E-state index is -0.999. The van der Waals surface area contributed by atoms with Gasteiger partial charge in [-0.3, -0.25) is 28.8 Å². The predicted octanol–water partition coefficient (Wildman–Crippen LogP) is 3.68. The molecule has 4 fully saturated rings. The normalized spacial score (nSPS) is 24.6. The van der Waals surface area contributed by atoms with E-state index < -0.39 is 74.9 Å². The summed E-state index contributed by atoms with van der Waals surface area (Å²) >= 11 is 0. The van der Waals surface area contributed by atoms with Gasteiger partial charge in [0.25, 0.3) is 5.91 Å². The predicted molar refractivity (Wildman–Crippen MR) is 212 cm³/mol. The van der Waals surface area contributed by atoms with Gasteiger partial charge in [-0.2, -0.15) is 0 Å². The Morgan fingerprint density at radius 1 is 0.891 bits per heavy atom. The number of piperidine rings is 1. The Bertz CT molecular complexity index is 1740. The third-order valence-electron chi connectivity index (χ3n) is 13.1. The number of ketones is 1. The molecule has 1 unspecified atom stereocenters. The molecule has 13 nitrogen and oxygen atoms in total. The molecule has 0 bridgehead atoms. The molecule has 1 aromatic carbocycles. The summed E-state index contributed by atoms with van der Waals surface area (Å²) in [5.41, 5.74) is -1.91. The van der Waals surface area contributed by atoms with Crippen LogP contribution in [0.25, 0.3) is 0 Å². The SMILES string of the molecule is CCCC(NC(=O)[C@@H]1[C@@H]2[C@H](CN1C(=O)[C@@H](NC(=O)N[C@H](CN(C)c1c(C(C)(C)C)c(=O)c1=O)C(C)(C)C)C1(C)CCCCC1)C2(C)C)C(=O)C(=O)NC1CC1. The third kappa shape index (κ3) is 8.65. The van der Waals surface area contributed by atoms with E-state index in [2.05, 4.69) is 35.1 Å². The summed E-state index contributed by atoms with van der Waals surface area (Å²) in [6, 6.07) is -3.78. The van der Waals surface area contributed by atoms with E-state index in [1.54, 1.807) is 16.8 Å². The number of nitrogens with zero attached hydrogens (tertiary/aromatic N) is 2. The number of hydrogen-bond donors (Lipinski definition) is 4. The van der Waals surface area contributed by atoms with E-state index in [9.17, 15) is 33.6 Å². The Morgan fingerprint density at radius 3 is 2.05 bits per heavy atom. The Balaban J connectivity index is 1.37. The smallest absolute Gasteiger partial charge is 0.315 e. The lowest BCUT2D eigenvalue weighted by atomic mass is 9.70. The number of likely N-dealkylation sites (N-methyl/N-ethyl adjacent to an activating group) is 1. The molecule has 5 rings (SSSR count). The summed E-state index contributed by atoms with van der Waals surface area (Å²) in [6.07, 6.45) is 6.83. The molecule has 6 atom stereocenters. The van der Waals surface area contributed by atoms with Crippen molar-refractivity contribution in [1.29, 1.82) is 0 Å². The Morgan fingerprint density at radius 2 is 1.51 bits per heavy atom. The minimum absolute atomic E-state index is 0.00380. The number of urea groups is 1. The van der Waals surface area contributed by atoms with Gasteiger partial charge in [-0.15, -0.1) is 0 Å². The van der Waals surface area contributed by atoms with E-state index in [1.807, 2.05) is 55.4 Å². The van der Waals surface area contributed by atoms with Crippen LogP contribution in [0.3, 0.4) is 0 Å². The summed E-state index contributed by atoms with van der Waals surface area (Å²) in [4.78, 5) is 98.0. The first kappa shape index (κ1) is 42.4. The molecule has 55 heavy (non-hydrogen) atoms. The average Bonchev–Trinajstić information content (AvgIpc) is 3.94. The molecular formula is C42H66N6O7. The maximum absolute atomic E-state index is 14.9. The van der Waals surface area contributed by atoms with Gasteiger partial charge in [0.15, 0.2) is 0 Å². The molecule has 3 aliphatic carbocycles. The zero-order chi connectivity index (χ0) is 41.0. The van der Waals surface area contributed by atoms with E-state index in [0.29, 0.717) is 30.6 Å². The largest absolute Gasteiger partial charge is 0.369 e. The number of Topliss-reactive ketones (excluding diaryl/α,β-unsaturated/α-hetero) is 1. The topological polar surface area (TPSA) is 174 Å². The lowest BCUT2D eigenvalue weighted by molar-refractivity contribution is -0.146. The number of fused-ring (bicyclic) bond motifs is 1. The molecule has 13 heteroatoms. The van der Waals surface area contributed by atoms with Crippen molar-refractivity contribution in [1.82, 2.24) is 26.2 Å². The maximum Gasteiger partial charge on any atom is 0.315 e. The van der Waals surface area contributed by atoms with Crippen LogP contribution >= 0.6 is 0 Å². The highest BCUT2D eigenvalue weighted by molar-refractivity contribution is 6.38. The number of likely N-dealkylation sites (tertiary alicyclic amines) is 1. The van der Waals surface area contributed by atoms with Crippen LogP contribution < -0.4 is 37.0 Å². The van der Waals surface area contributed by atoms with Gasteiger partial charge in [-0.25, -0.2) is 4.79 Å². The standard InChI is InChI=1S/C42H66N6O7/c1-12-16-25(31(49)36(53)43-23-17-18-23)44-35(52)30-27-24(41(27,8)9)21-48(30)37(54)34(42(10)19-14-13-15-20-42)46-38(55)45-26(39(2,3)4)22-47(11)29-28(40(5,6)7)32(50)33(29)51/h23-27,30,34H,12-22H2,1-11H3,(H,43,53)(H,44,52)(H2,45,46,55)/t24-,25?,26+,27-,30-,34+/m0/s1. The van der Waals surface area contributed by atoms with E-state index in [4.69, 9.17) is 0 Å². The van der Waals surface area contributed by atoms with Crippen molar-refractivity contribution in [2.45, 2.75) is 163 Å². The lowest BCUT2D eigenvalue weighted by Gasteiger charge is -2.43. The van der Waals surface area contributed by atoms with E-state index >= 15 is 0 Å². The highest BCUT2D eigenvalue weighted by atomic mass is 16.2. The summed E-state index contributed by atoms with van der Waals surface area (Å²) in [7, 11) is 1.75. The van der Waals surface area contributed by atoms with Crippen LogP contribution in [0.15, 0.2) is 9.59 Å². The number of carbonyl (C=O) groups is 5. The monoisotopic (exact) mass is 766 g/mol. The summed E-state index contributed by atoms with van der Waals surface area (Å²) in [5, 5.41) is 11.8. The van der Waals surface area contributed by atoms with Gasteiger partial charge in [0.2, 0.25) is 28.5 Å². The third-order valence-corrected chi connectivity index (χ3v) is 13.1. The molecule has 1 heterocycles. The second-order valence-corrected chi connectivity index (χ2v) is 20.0. The van der Waals surface area contributed by atoms with Gasteiger partial charge in [0, 0.05) is 31.7 Å². The van der Waals surface area contributed by atoms with Crippen LogP contribution in [0.5, 0.6) is 0 Å². The Kier molecular flexibility index (Phi) is 11.8. The number of carbonyl (C=O) groups excluding carboxylic acids is 5. The molecule has 4 aliphatic rings. The summed E-state index contributed by atoms with van der Waals surface area (Å²) in [5.74, 6) is -2.18. The number of amides is 5. The van der Waals surface area contributed by atoms with E-state index in [-0.39, 0.29) is 35.7 Å². The second-order valence-electron chi connectivity index (χ2n) is 20.0. The number of nitrogens with one attached hydrogen (secondary N) is 4. The van der Waals surface area contributed by atoms with Gasteiger partial charge in [0.05, 0.1) is 17.8 Å². The number of rotatable bonds is 14. The molecule has 0 spiro atoms. The Hall–Kier alpha value is -3.77. The molecule has 4 N–H and O–H groups in total. The highest BCUT2D eigenvalue weighted by Crippen LogP contribution is 2.65. The van der Waals surface area contributed by atoms with Crippen LogP contribution in [0.4, 0.5) is 10.5 Å².